The summed E-state index contributed by atoms with van der Waals surface area (Å²) in [6, 6.07) is 3.13. The lowest BCUT2D eigenvalue weighted by Crippen LogP contribution is -2.00. The fourth-order valence-corrected chi connectivity index (χ4v) is 0.925. The molecule has 0 fully saturated rings. The number of hydrogen-bond acceptors (Lipinski definition) is 1. The Morgan fingerprint density at radius 1 is 1.46 bits per heavy atom. The zero-order chi connectivity index (χ0) is 9.84. The first-order chi connectivity index (χ1) is 6.13. The van der Waals surface area contributed by atoms with Crippen LogP contribution in [-0.4, -0.2) is 5.78 Å². The van der Waals surface area contributed by atoms with Gasteiger partial charge in [0.1, 0.15) is 11.6 Å². The van der Waals surface area contributed by atoms with Crippen LogP contribution in [-0.2, 0) is 11.2 Å². The molecule has 1 nitrogen and oxygen atoms in total. The Balaban J connectivity index is 2.89. The van der Waals surface area contributed by atoms with Gasteiger partial charge in [0.25, 0.3) is 0 Å². The molecule has 13 heavy (non-hydrogen) atoms. The predicted octanol–water partition coefficient (Wildman–Crippen LogP) is 2.26. The van der Waals surface area contributed by atoms with Crippen molar-refractivity contribution in [1.82, 2.24) is 0 Å². The molecule has 0 heterocycles. The van der Waals surface area contributed by atoms with Crippen LogP contribution >= 0.6 is 0 Å². The quantitative estimate of drug-likeness (QED) is 0.655. The summed E-state index contributed by atoms with van der Waals surface area (Å²) in [5.74, 6) is -1.63. The molecule has 0 spiro atoms. The molecule has 0 unspecified atom stereocenters. The van der Waals surface area contributed by atoms with E-state index in [0.717, 1.165) is 18.2 Å². The number of rotatable bonds is 3. The zero-order valence-electron chi connectivity index (χ0n) is 6.89. The highest BCUT2D eigenvalue weighted by molar-refractivity contribution is 5.90. The maximum atomic E-state index is 12.9. The highest BCUT2D eigenvalue weighted by atomic mass is 19.1. The van der Waals surface area contributed by atoms with E-state index >= 15 is 0 Å². The van der Waals surface area contributed by atoms with Crippen LogP contribution in [0, 0.1) is 11.6 Å². The van der Waals surface area contributed by atoms with Crippen LogP contribution in [0.2, 0.25) is 0 Å². The van der Waals surface area contributed by atoms with E-state index in [1.54, 1.807) is 0 Å². The second kappa shape index (κ2) is 3.94. The van der Waals surface area contributed by atoms with Gasteiger partial charge in [-0.2, -0.15) is 0 Å². The van der Waals surface area contributed by atoms with Gasteiger partial charge in [0, 0.05) is 12.5 Å². The van der Waals surface area contributed by atoms with Crippen LogP contribution in [0.25, 0.3) is 0 Å². The van der Waals surface area contributed by atoms with Crippen molar-refractivity contribution >= 4 is 5.78 Å². The second-order valence-corrected chi connectivity index (χ2v) is 2.58. The Bertz CT molecular complexity index is 345. The summed E-state index contributed by atoms with van der Waals surface area (Å²) < 4.78 is 25.3. The normalized spacial score (nSPS) is 9.69. The molecule has 0 aliphatic heterocycles. The molecule has 68 valence electrons. The fourth-order valence-electron chi connectivity index (χ4n) is 0.925. The molecule has 1 rings (SSSR count). The molecule has 1 aromatic carbocycles. The number of carbonyl (C=O) groups is 1. The summed E-state index contributed by atoms with van der Waals surface area (Å²) in [6.45, 7) is 3.26. The van der Waals surface area contributed by atoms with Crippen molar-refractivity contribution in [3.63, 3.8) is 0 Å². The smallest absolute Gasteiger partial charge is 0.159 e. The lowest BCUT2D eigenvalue weighted by Gasteiger charge is -1.99. The summed E-state index contributed by atoms with van der Waals surface area (Å²) in [6.07, 6.45) is 1.04. The predicted molar refractivity (Wildman–Crippen MR) is 45.3 cm³/mol. The molecule has 0 amide bonds. The van der Waals surface area contributed by atoms with E-state index in [1.165, 1.54) is 6.07 Å². The molecule has 1 aromatic rings. The number of ketones is 1. The van der Waals surface area contributed by atoms with Crippen LogP contribution in [0.1, 0.15) is 5.56 Å². The van der Waals surface area contributed by atoms with Crippen LogP contribution in [0.15, 0.2) is 30.9 Å². The summed E-state index contributed by atoms with van der Waals surface area (Å²) >= 11 is 0. The number of benzene rings is 1. The standard InChI is InChI=1S/C10H8F2O/c1-2-9(13)5-7-3-4-8(11)6-10(7)12/h2-4,6H,1,5H2. The van der Waals surface area contributed by atoms with E-state index in [2.05, 4.69) is 6.58 Å². The Labute approximate surface area is 74.7 Å². The van der Waals surface area contributed by atoms with E-state index in [0.29, 0.717) is 0 Å². The first-order valence-electron chi connectivity index (χ1n) is 3.72. The lowest BCUT2D eigenvalue weighted by atomic mass is 10.1. The van der Waals surface area contributed by atoms with Gasteiger partial charge in [-0.3, -0.25) is 4.79 Å². The lowest BCUT2D eigenvalue weighted by molar-refractivity contribution is -0.114. The van der Waals surface area contributed by atoms with E-state index in [4.69, 9.17) is 0 Å². The van der Waals surface area contributed by atoms with E-state index in [-0.39, 0.29) is 17.8 Å². The number of halogens is 2. The number of carbonyl (C=O) groups excluding carboxylic acids is 1. The minimum Gasteiger partial charge on any atom is -0.295 e. The molecule has 0 aliphatic rings. The minimum atomic E-state index is -0.699. The van der Waals surface area contributed by atoms with Gasteiger partial charge in [-0.15, -0.1) is 0 Å². The molecule has 0 saturated heterocycles. The van der Waals surface area contributed by atoms with Crippen LogP contribution in [0.5, 0.6) is 0 Å². The van der Waals surface area contributed by atoms with Crippen molar-refractivity contribution in [3.05, 3.63) is 48.1 Å². The van der Waals surface area contributed by atoms with Gasteiger partial charge in [0.15, 0.2) is 5.78 Å². The molecule has 0 radical (unpaired) electrons. The van der Waals surface area contributed by atoms with Crippen molar-refractivity contribution in [3.8, 4) is 0 Å². The molecule has 3 heteroatoms. The third-order valence-corrected chi connectivity index (χ3v) is 1.61. The summed E-state index contributed by atoms with van der Waals surface area (Å²) in [5, 5.41) is 0. The largest absolute Gasteiger partial charge is 0.295 e. The van der Waals surface area contributed by atoms with E-state index < -0.39 is 11.6 Å². The Morgan fingerprint density at radius 3 is 2.69 bits per heavy atom. The van der Waals surface area contributed by atoms with Gasteiger partial charge in [0.05, 0.1) is 0 Å². The number of allylic oxidation sites excluding steroid dienone is 1. The maximum absolute atomic E-state index is 12.9. The highest BCUT2D eigenvalue weighted by Gasteiger charge is 2.06. The fraction of sp³-hybridized carbons (Fsp3) is 0.100. The Kier molecular flexibility index (Phi) is 2.90. The first-order valence-corrected chi connectivity index (χ1v) is 3.72. The van der Waals surface area contributed by atoms with Gasteiger partial charge >= 0.3 is 0 Å². The topological polar surface area (TPSA) is 17.1 Å². The Hall–Kier alpha value is -1.51. The maximum Gasteiger partial charge on any atom is 0.159 e. The molecular formula is C10H8F2O. The zero-order valence-corrected chi connectivity index (χ0v) is 6.89. The second-order valence-electron chi connectivity index (χ2n) is 2.58. The van der Waals surface area contributed by atoms with Crippen molar-refractivity contribution in [1.29, 1.82) is 0 Å². The van der Waals surface area contributed by atoms with E-state index in [9.17, 15) is 13.6 Å². The molecule has 0 N–H and O–H groups in total. The van der Waals surface area contributed by atoms with Gasteiger partial charge in [-0.1, -0.05) is 12.6 Å². The van der Waals surface area contributed by atoms with Crippen molar-refractivity contribution in [2.75, 3.05) is 0 Å². The Morgan fingerprint density at radius 2 is 2.15 bits per heavy atom. The SMILES string of the molecule is C=CC(=O)Cc1ccc(F)cc1F. The first kappa shape index (κ1) is 9.58. The summed E-state index contributed by atoms with van der Waals surface area (Å²) in [4.78, 5) is 10.8. The third-order valence-electron chi connectivity index (χ3n) is 1.61. The summed E-state index contributed by atoms with van der Waals surface area (Å²) in [5.41, 5.74) is 0.186. The minimum absolute atomic E-state index is 0.0738. The summed E-state index contributed by atoms with van der Waals surface area (Å²) in [7, 11) is 0. The van der Waals surface area contributed by atoms with Gasteiger partial charge < -0.3 is 0 Å². The van der Waals surface area contributed by atoms with Crippen molar-refractivity contribution in [2.24, 2.45) is 0 Å². The highest BCUT2D eigenvalue weighted by Crippen LogP contribution is 2.10. The van der Waals surface area contributed by atoms with E-state index in [1.807, 2.05) is 0 Å². The van der Waals surface area contributed by atoms with Gasteiger partial charge in [-0.25, -0.2) is 8.78 Å². The van der Waals surface area contributed by atoms with Gasteiger partial charge in [-0.05, 0) is 17.7 Å². The third kappa shape index (κ3) is 2.47. The molecule has 0 aromatic heterocycles. The van der Waals surface area contributed by atoms with Crippen molar-refractivity contribution in [2.45, 2.75) is 6.42 Å². The molecule has 0 bridgehead atoms. The average Bonchev–Trinajstić information content (AvgIpc) is 2.09. The van der Waals surface area contributed by atoms with Crippen LogP contribution in [0.4, 0.5) is 8.78 Å². The van der Waals surface area contributed by atoms with Gasteiger partial charge in [0.2, 0.25) is 0 Å². The van der Waals surface area contributed by atoms with Crippen LogP contribution in [0.3, 0.4) is 0 Å². The van der Waals surface area contributed by atoms with Crippen LogP contribution < -0.4 is 0 Å². The molecule has 0 saturated carbocycles. The monoisotopic (exact) mass is 182 g/mol. The number of hydrogen-bond donors (Lipinski definition) is 0. The van der Waals surface area contributed by atoms with Crippen molar-refractivity contribution < 1.29 is 13.6 Å². The average molecular weight is 182 g/mol. The molecular weight excluding hydrogens is 174 g/mol. The molecule has 0 aliphatic carbocycles. The molecule has 0 atom stereocenters.